The van der Waals surface area contributed by atoms with Crippen molar-refractivity contribution in [3.63, 3.8) is 0 Å². The van der Waals surface area contributed by atoms with Crippen molar-refractivity contribution in [3.8, 4) is 0 Å². The topological polar surface area (TPSA) is 107 Å². The number of rotatable bonds is 4. The van der Waals surface area contributed by atoms with Gasteiger partial charge >= 0.3 is 0 Å². The predicted molar refractivity (Wildman–Crippen MR) is 103 cm³/mol. The van der Waals surface area contributed by atoms with E-state index < -0.39 is 18.3 Å². The Bertz CT molecular complexity index is 548. The lowest BCUT2D eigenvalue weighted by atomic mass is 9.98. The average molecular weight is 400 g/mol. The Morgan fingerprint density at radius 3 is 2.82 bits per heavy atom. The zero-order valence-electron chi connectivity index (χ0n) is 16.6. The summed E-state index contributed by atoms with van der Waals surface area (Å²) in [4.78, 5) is 15.4. The van der Waals surface area contributed by atoms with Crippen molar-refractivity contribution >= 4 is 5.91 Å². The quantitative estimate of drug-likeness (QED) is 0.367. The normalized spacial score (nSPS) is 41.0. The van der Waals surface area contributed by atoms with Gasteiger partial charge in [0.05, 0.1) is 36.5 Å². The van der Waals surface area contributed by atoms with Crippen molar-refractivity contribution < 1.29 is 13.9 Å². The summed E-state index contributed by atoms with van der Waals surface area (Å²) in [5, 5.41) is 11.3. The average Bonchev–Trinajstić information content (AvgIpc) is 3.00. The number of fused-ring (bicyclic) bond motifs is 1. The van der Waals surface area contributed by atoms with Crippen LogP contribution in [0.1, 0.15) is 19.3 Å². The van der Waals surface area contributed by atoms with Gasteiger partial charge in [-0.05, 0) is 32.9 Å². The standard InChI is InChI=1S/C18H34FN7O2/c1-25-6-3-12(4-7-25)28-14-2-5-21-9-13(14)23-18(27)15-16(20)24-26-10-11(19)8-22-17(15)26/h11-17,21-22,24H,2-10,20H2,1H3,(H,23,27). The number of hydrogen-bond donors (Lipinski definition) is 5. The molecule has 0 aromatic rings. The minimum Gasteiger partial charge on any atom is -0.373 e. The van der Waals surface area contributed by atoms with Crippen LogP contribution in [0.4, 0.5) is 4.39 Å². The van der Waals surface area contributed by atoms with E-state index in [2.05, 4.69) is 33.3 Å². The largest absolute Gasteiger partial charge is 0.373 e. The molecule has 6 unspecified atom stereocenters. The number of nitrogens with one attached hydrogen (secondary N) is 4. The van der Waals surface area contributed by atoms with Crippen molar-refractivity contribution in [2.45, 2.75) is 56.0 Å². The highest BCUT2D eigenvalue weighted by Crippen LogP contribution is 2.23. The predicted octanol–water partition coefficient (Wildman–Crippen LogP) is -2.07. The van der Waals surface area contributed by atoms with Gasteiger partial charge in [0.15, 0.2) is 0 Å². The Balaban J connectivity index is 1.35. The molecule has 4 saturated heterocycles. The van der Waals surface area contributed by atoms with Crippen LogP contribution < -0.4 is 27.1 Å². The van der Waals surface area contributed by atoms with Crippen LogP contribution in [0.2, 0.25) is 0 Å². The van der Waals surface area contributed by atoms with Crippen molar-refractivity contribution in [1.29, 1.82) is 0 Å². The first-order valence-corrected chi connectivity index (χ1v) is 10.5. The molecule has 4 rings (SSSR count). The first-order valence-electron chi connectivity index (χ1n) is 10.5. The van der Waals surface area contributed by atoms with Crippen molar-refractivity contribution in [2.24, 2.45) is 11.7 Å². The smallest absolute Gasteiger partial charge is 0.229 e. The summed E-state index contributed by atoms with van der Waals surface area (Å²) in [5.41, 5.74) is 9.19. The molecule has 4 aliphatic heterocycles. The van der Waals surface area contributed by atoms with Crippen LogP contribution in [0.5, 0.6) is 0 Å². The molecule has 4 fully saturated rings. The Kier molecular flexibility index (Phi) is 6.46. The number of nitrogens with two attached hydrogens (primary N) is 1. The molecule has 0 aliphatic carbocycles. The molecule has 0 radical (unpaired) electrons. The zero-order valence-corrected chi connectivity index (χ0v) is 16.6. The Hall–Kier alpha value is -0.880. The third-order valence-corrected chi connectivity index (χ3v) is 6.40. The first-order chi connectivity index (χ1) is 13.5. The van der Waals surface area contributed by atoms with E-state index in [9.17, 15) is 9.18 Å². The van der Waals surface area contributed by atoms with Crippen molar-refractivity contribution in [1.82, 2.24) is 31.3 Å². The number of ether oxygens (including phenoxy) is 1. The van der Waals surface area contributed by atoms with Gasteiger partial charge in [0.1, 0.15) is 6.17 Å². The number of likely N-dealkylation sites (tertiary alicyclic amines) is 1. The van der Waals surface area contributed by atoms with Gasteiger partial charge in [-0.15, -0.1) is 0 Å². The number of hydrogen-bond acceptors (Lipinski definition) is 8. The number of carbonyl (C=O) groups is 1. The van der Waals surface area contributed by atoms with Crippen LogP contribution in [-0.4, -0.2) is 98.9 Å². The highest BCUT2D eigenvalue weighted by atomic mass is 19.1. The Labute approximate surface area is 165 Å². The molecule has 6 N–H and O–H groups in total. The molecule has 9 nitrogen and oxygen atoms in total. The summed E-state index contributed by atoms with van der Waals surface area (Å²) in [6.45, 7) is 4.16. The third-order valence-electron chi connectivity index (χ3n) is 6.40. The van der Waals surface area contributed by atoms with Gasteiger partial charge in [-0.25, -0.2) is 14.8 Å². The van der Waals surface area contributed by atoms with Crippen LogP contribution in [0.25, 0.3) is 0 Å². The molecule has 0 spiro atoms. The summed E-state index contributed by atoms with van der Waals surface area (Å²) in [6, 6.07) is -0.0836. The molecule has 0 aromatic heterocycles. The minimum atomic E-state index is -0.965. The number of alkyl halides is 1. The maximum Gasteiger partial charge on any atom is 0.229 e. The monoisotopic (exact) mass is 399 g/mol. The molecule has 0 saturated carbocycles. The Morgan fingerprint density at radius 1 is 1.25 bits per heavy atom. The van der Waals surface area contributed by atoms with Gasteiger partial charge in [-0.1, -0.05) is 0 Å². The lowest BCUT2D eigenvalue weighted by molar-refractivity contribution is -0.130. The summed E-state index contributed by atoms with van der Waals surface area (Å²) >= 11 is 0. The van der Waals surface area contributed by atoms with E-state index in [-0.39, 0.29) is 43.4 Å². The fourth-order valence-corrected chi connectivity index (χ4v) is 4.77. The number of piperidine rings is 2. The van der Waals surface area contributed by atoms with Gasteiger partial charge < -0.3 is 26.0 Å². The minimum absolute atomic E-state index is 0.00910. The fourth-order valence-electron chi connectivity index (χ4n) is 4.77. The molecule has 0 aromatic carbocycles. The third kappa shape index (κ3) is 4.48. The molecule has 4 aliphatic rings. The fraction of sp³-hybridized carbons (Fsp3) is 0.944. The molecule has 0 bridgehead atoms. The zero-order chi connectivity index (χ0) is 19.7. The number of hydrazine groups is 1. The lowest BCUT2D eigenvalue weighted by Gasteiger charge is -2.38. The molecule has 4 heterocycles. The summed E-state index contributed by atoms with van der Waals surface area (Å²) in [6.07, 6.45) is 1.42. The molecular formula is C18H34FN7O2. The number of nitrogens with zero attached hydrogens (tertiary/aromatic N) is 2. The first kappa shape index (κ1) is 20.4. The van der Waals surface area contributed by atoms with Gasteiger partial charge in [-0.3, -0.25) is 10.1 Å². The van der Waals surface area contributed by atoms with E-state index in [1.165, 1.54) is 0 Å². The molecule has 28 heavy (non-hydrogen) atoms. The highest BCUT2D eigenvalue weighted by molar-refractivity contribution is 5.80. The van der Waals surface area contributed by atoms with Gasteiger partial charge in [0.2, 0.25) is 5.91 Å². The van der Waals surface area contributed by atoms with E-state index in [4.69, 9.17) is 10.5 Å². The van der Waals surface area contributed by atoms with Crippen LogP contribution >= 0.6 is 0 Å². The van der Waals surface area contributed by atoms with Gasteiger partial charge in [0.25, 0.3) is 0 Å². The van der Waals surface area contributed by atoms with Crippen molar-refractivity contribution in [3.05, 3.63) is 0 Å². The molecule has 10 heteroatoms. The van der Waals surface area contributed by atoms with Crippen LogP contribution in [0.3, 0.4) is 0 Å². The van der Waals surface area contributed by atoms with Crippen LogP contribution in [0.15, 0.2) is 0 Å². The van der Waals surface area contributed by atoms with Crippen LogP contribution in [-0.2, 0) is 9.53 Å². The molecule has 160 valence electrons. The summed E-state index contributed by atoms with van der Waals surface area (Å²) < 4.78 is 20.0. The van der Waals surface area contributed by atoms with E-state index >= 15 is 0 Å². The molecule has 6 atom stereocenters. The maximum absolute atomic E-state index is 13.6. The van der Waals surface area contributed by atoms with E-state index in [0.717, 1.165) is 38.9 Å². The van der Waals surface area contributed by atoms with E-state index in [1.54, 1.807) is 5.01 Å². The number of carbonyl (C=O) groups excluding carboxylic acids is 1. The van der Waals surface area contributed by atoms with E-state index in [0.29, 0.717) is 6.54 Å². The number of halogens is 1. The SMILES string of the molecule is CN1CCC(OC2CCNCC2NC(=O)C2C(N)NN3CC(F)CNC23)CC1. The second-order valence-electron chi connectivity index (χ2n) is 8.57. The second-order valence-corrected chi connectivity index (χ2v) is 8.57. The maximum atomic E-state index is 13.6. The summed E-state index contributed by atoms with van der Waals surface area (Å²) in [7, 11) is 2.14. The Morgan fingerprint density at radius 2 is 2.04 bits per heavy atom. The van der Waals surface area contributed by atoms with Crippen molar-refractivity contribution in [2.75, 3.05) is 46.3 Å². The summed E-state index contributed by atoms with van der Waals surface area (Å²) in [5.74, 6) is -0.582. The molecular weight excluding hydrogens is 365 g/mol. The highest BCUT2D eigenvalue weighted by Gasteiger charge is 2.47. The molecule has 1 amide bonds. The van der Waals surface area contributed by atoms with Crippen LogP contribution in [0, 0.1) is 5.92 Å². The van der Waals surface area contributed by atoms with Gasteiger partial charge in [-0.2, -0.15) is 0 Å². The number of amides is 1. The van der Waals surface area contributed by atoms with E-state index in [1.807, 2.05) is 0 Å². The van der Waals surface area contributed by atoms with Gasteiger partial charge in [0, 0.05) is 32.7 Å². The second kappa shape index (κ2) is 8.86. The lowest BCUT2D eigenvalue weighted by Crippen LogP contribution is -2.61.